The lowest BCUT2D eigenvalue weighted by Gasteiger charge is -2.50. The lowest BCUT2D eigenvalue weighted by atomic mass is 9.59. The molecule has 2 unspecified atom stereocenters. The number of hydrogen-bond acceptors (Lipinski definition) is 6. The highest BCUT2D eigenvalue weighted by Gasteiger charge is 2.67. The topological polar surface area (TPSA) is 82.1 Å². The van der Waals surface area contributed by atoms with Crippen LogP contribution in [-0.4, -0.2) is 48.1 Å². The Bertz CT molecular complexity index is 572. The Balaban J connectivity index is 2.28. The summed E-state index contributed by atoms with van der Waals surface area (Å²) in [6.45, 7) is 7.28. The molecule has 1 saturated heterocycles. The molecule has 134 valence electrons. The zero-order chi connectivity index (χ0) is 18.2. The zero-order valence-electron chi connectivity index (χ0n) is 14.9. The molecule has 1 heterocycles. The van der Waals surface area contributed by atoms with Crippen LogP contribution in [-0.2, 0) is 23.8 Å². The summed E-state index contributed by atoms with van der Waals surface area (Å²) in [5, 5.41) is 11.4. The first-order chi connectivity index (χ1) is 11.1. The average molecular weight is 338 g/mol. The zero-order valence-corrected chi connectivity index (χ0v) is 14.9. The van der Waals surface area contributed by atoms with Crippen molar-refractivity contribution in [3.8, 4) is 0 Å². The second-order valence-corrected chi connectivity index (χ2v) is 7.23. The molecule has 2 rings (SSSR count). The van der Waals surface area contributed by atoms with Gasteiger partial charge in [-0.25, -0.2) is 4.79 Å². The first kappa shape index (κ1) is 18.7. The fourth-order valence-electron chi connectivity index (χ4n) is 3.86. The van der Waals surface area contributed by atoms with Crippen molar-refractivity contribution in [2.45, 2.75) is 57.8 Å². The molecular weight excluding hydrogens is 312 g/mol. The molecule has 0 amide bonds. The van der Waals surface area contributed by atoms with Gasteiger partial charge in [0.2, 0.25) is 0 Å². The van der Waals surface area contributed by atoms with Crippen molar-refractivity contribution in [3.63, 3.8) is 0 Å². The van der Waals surface area contributed by atoms with Gasteiger partial charge in [-0.15, -0.1) is 0 Å². The number of hydrogen-bond donors (Lipinski definition) is 1. The number of allylic oxidation sites excluding steroid dienone is 2. The van der Waals surface area contributed by atoms with Crippen LogP contribution in [0.4, 0.5) is 0 Å². The maximum atomic E-state index is 11.4. The number of esters is 2. The average Bonchev–Trinajstić information content (AvgIpc) is 2.59. The van der Waals surface area contributed by atoms with Gasteiger partial charge >= 0.3 is 11.9 Å². The van der Waals surface area contributed by atoms with Crippen LogP contribution in [0.3, 0.4) is 0 Å². The summed E-state index contributed by atoms with van der Waals surface area (Å²) < 4.78 is 15.9. The molecule has 1 aliphatic carbocycles. The Labute approximate surface area is 142 Å². The molecule has 2 fully saturated rings. The fourth-order valence-corrected chi connectivity index (χ4v) is 3.86. The van der Waals surface area contributed by atoms with Gasteiger partial charge < -0.3 is 19.3 Å². The molecular formula is C18H26O6. The smallest absolute Gasteiger partial charge is 0.330 e. The minimum absolute atomic E-state index is 0.277. The summed E-state index contributed by atoms with van der Waals surface area (Å²) in [6.07, 6.45) is 5.41. The van der Waals surface area contributed by atoms with E-state index in [1.807, 2.05) is 13.8 Å². The Morgan fingerprint density at radius 3 is 2.46 bits per heavy atom. The van der Waals surface area contributed by atoms with E-state index in [9.17, 15) is 14.7 Å². The summed E-state index contributed by atoms with van der Waals surface area (Å²) in [4.78, 5) is 22.6. The molecule has 2 bridgehead atoms. The Kier molecular flexibility index (Phi) is 4.93. The molecule has 1 aliphatic heterocycles. The molecule has 1 saturated carbocycles. The molecule has 6 nitrogen and oxygen atoms in total. The van der Waals surface area contributed by atoms with Gasteiger partial charge in [0, 0.05) is 24.8 Å². The molecule has 6 heteroatoms. The van der Waals surface area contributed by atoms with Crippen molar-refractivity contribution in [3.05, 3.63) is 23.8 Å². The lowest BCUT2D eigenvalue weighted by Crippen LogP contribution is -2.61. The molecule has 0 radical (unpaired) electrons. The molecule has 0 aromatic rings. The third-order valence-corrected chi connectivity index (χ3v) is 5.20. The van der Waals surface area contributed by atoms with E-state index in [0.29, 0.717) is 25.0 Å². The van der Waals surface area contributed by atoms with Crippen molar-refractivity contribution in [1.29, 1.82) is 0 Å². The quantitative estimate of drug-likeness (QED) is 0.479. The monoisotopic (exact) mass is 338 g/mol. The van der Waals surface area contributed by atoms with Crippen LogP contribution in [0.15, 0.2) is 23.8 Å². The number of methoxy groups -OCH3 is 1. The Morgan fingerprint density at radius 1 is 1.25 bits per heavy atom. The van der Waals surface area contributed by atoms with Crippen LogP contribution in [0.2, 0.25) is 0 Å². The van der Waals surface area contributed by atoms with Crippen LogP contribution in [0.1, 0.15) is 40.5 Å². The number of aliphatic hydroxyl groups is 1. The normalized spacial score (nSPS) is 39.1. The fraction of sp³-hybridized carbons (Fsp3) is 0.667. The summed E-state index contributed by atoms with van der Waals surface area (Å²) >= 11 is 0. The van der Waals surface area contributed by atoms with E-state index in [-0.39, 0.29) is 12.1 Å². The first-order valence-corrected chi connectivity index (χ1v) is 8.04. The van der Waals surface area contributed by atoms with Crippen molar-refractivity contribution in [2.24, 2.45) is 5.41 Å². The SMILES string of the molecule is COC(=O)/C=C(C)/C=C/[C@]1(O)C2(C)CC(OC(C)=O)C[C@]1(C)CO2. The van der Waals surface area contributed by atoms with E-state index in [0.717, 1.165) is 0 Å². The lowest BCUT2D eigenvalue weighted by molar-refractivity contribution is -0.174. The van der Waals surface area contributed by atoms with Gasteiger partial charge in [0.25, 0.3) is 0 Å². The minimum Gasteiger partial charge on any atom is -0.466 e. The van der Waals surface area contributed by atoms with Crippen LogP contribution in [0.5, 0.6) is 0 Å². The van der Waals surface area contributed by atoms with Gasteiger partial charge in [0.1, 0.15) is 17.3 Å². The van der Waals surface area contributed by atoms with Gasteiger partial charge in [0.05, 0.1) is 13.7 Å². The summed E-state index contributed by atoms with van der Waals surface area (Å²) in [6, 6.07) is 0. The Hall–Kier alpha value is -1.66. The van der Waals surface area contributed by atoms with Crippen LogP contribution >= 0.6 is 0 Å². The third-order valence-electron chi connectivity index (χ3n) is 5.20. The molecule has 1 N–H and O–H groups in total. The second kappa shape index (κ2) is 6.33. The van der Waals surface area contributed by atoms with Crippen LogP contribution in [0.25, 0.3) is 0 Å². The number of carbonyl (C=O) groups excluding carboxylic acids is 2. The van der Waals surface area contributed by atoms with E-state index >= 15 is 0 Å². The molecule has 2 aliphatic rings. The van der Waals surface area contributed by atoms with E-state index in [1.54, 1.807) is 19.1 Å². The summed E-state index contributed by atoms with van der Waals surface area (Å²) in [7, 11) is 1.32. The van der Waals surface area contributed by atoms with Crippen molar-refractivity contribution < 1.29 is 28.9 Å². The highest BCUT2D eigenvalue weighted by Crippen LogP contribution is 2.58. The summed E-state index contributed by atoms with van der Waals surface area (Å²) in [5.41, 5.74) is -1.99. The van der Waals surface area contributed by atoms with E-state index in [4.69, 9.17) is 9.47 Å². The third kappa shape index (κ3) is 3.13. The van der Waals surface area contributed by atoms with Gasteiger partial charge in [-0.3, -0.25) is 4.79 Å². The van der Waals surface area contributed by atoms with E-state index in [1.165, 1.54) is 20.1 Å². The number of rotatable bonds is 4. The molecule has 24 heavy (non-hydrogen) atoms. The van der Waals surface area contributed by atoms with Crippen molar-refractivity contribution in [2.75, 3.05) is 13.7 Å². The summed E-state index contributed by atoms with van der Waals surface area (Å²) in [5.74, 6) is -0.774. The van der Waals surface area contributed by atoms with E-state index < -0.39 is 22.6 Å². The van der Waals surface area contributed by atoms with Gasteiger partial charge in [0.15, 0.2) is 0 Å². The second-order valence-electron chi connectivity index (χ2n) is 7.23. The van der Waals surface area contributed by atoms with Crippen molar-refractivity contribution >= 4 is 11.9 Å². The molecule has 4 atom stereocenters. The van der Waals surface area contributed by atoms with Crippen LogP contribution < -0.4 is 0 Å². The Morgan fingerprint density at radius 2 is 1.92 bits per heavy atom. The molecule has 0 spiro atoms. The minimum atomic E-state index is -1.22. The highest BCUT2D eigenvalue weighted by molar-refractivity contribution is 5.83. The van der Waals surface area contributed by atoms with Crippen molar-refractivity contribution in [1.82, 2.24) is 0 Å². The van der Waals surface area contributed by atoms with Gasteiger partial charge in [-0.1, -0.05) is 13.0 Å². The predicted molar refractivity (Wildman–Crippen MR) is 87.1 cm³/mol. The van der Waals surface area contributed by atoms with E-state index in [2.05, 4.69) is 4.74 Å². The van der Waals surface area contributed by atoms with Crippen LogP contribution in [0, 0.1) is 5.41 Å². The van der Waals surface area contributed by atoms with Gasteiger partial charge in [-0.2, -0.15) is 0 Å². The largest absolute Gasteiger partial charge is 0.466 e. The molecule has 0 aromatic heterocycles. The number of ether oxygens (including phenoxy) is 3. The maximum Gasteiger partial charge on any atom is 0.330 e. The number of fused-ring (bicyclic) bond motifs is 2. The predicted octanol–water partition coefficient (Wildman–Crippen LogP) is 1.91. The standard InChI is InChI=1S/C18H26O6/c1-12(8-15(20)22-5)6-7-18(21)16(3)9-14(24-13(2)19)10-17(18,4)23-11-16/h6-8,14,21H,9-11H2,1-5H3/b7-6+,12-8+/t14?,16-,17?,18-/m1/s1. The first-order valence-electron chi connectivity index (χ1n) is 8.04. The van der Waals surface area contributed by atoms with Gasteiger partial charge in [-0.05, 0) is 31.9 Å². The molecule has 0 aromatic carbocycles. The highest BCUT2D eigenvalue weighted by atomic mass is 16.6. The number of carbonyl (C=O) groups is 2. The maximum absolute atomic E-state index is 11.4.